The number of nitrogens with zero attached hydrogens (tertiary/aromatic N) is 7. The molecule has 6 aromatic carbocycles. The van der Waals surface area contributed by atoms with E-state index in [1.165, 1.54) is 112 Å². The van der Waals surface area contributed by atoms with Gasteiger partial charge in [0.2, 0.25) is 0 Å². The molecule has 0 amide bonds. The molecule has 0 spiro atoms. The molecule has 0 saturated heterocycles. The number of carboxylic acids is 2. The number of hydrogen-bond acceptors (Lipinski definition) is 16. The molecular formula is C61H53BCl3F8N10O9-. The summed E-state index contributed by atoms with van der Waals surface area (Å²) in [6.07, 6.45) is 2.18. The van der Waals surface area contributed by atoms with Crippen molar-refractivity contribution in [1.82, 2.24) is 29.9 Å². The quantitative estimate of drug-likeness (QED) is 0.0182. The molecule has 482 valence electrons. The van der Waals surface area contributed by atoms with Crippen LogP contribution < -0.4 is 36.0 Å². The van der Waals surface area contributed by atoms with Crippen molar-refractivity contribution >= 4 is 82.9 Å². The van der Waals surface area contributed by atoms with Crippen molar-refractivity contribution < 1.29 is 79.2 Å². The Labute approximate surface area is 535 Å². The molecule has 0 radical (unpaired) electrons. The molecule has 0 saturated carbocycles. The summed E-state index contributed by atoms with van der Waals surface area (Å²) in [5.74, 6) is -4.37. The number of carboxylic acid groups (broad SMARTS) is 2. The summed E-state index contributed by atoms with van der Waals surface area (Å²) in [4.78, 5) is 45.3. The molecule has 0 fully saturated rings. The van der Waals surface area contributed by atoms with Crippen LogP contribution in [0.4, 0.5) is 46.8 Å². The minimum absolute atomic E-state index is 0.0422. The molecule has 9 rings (SSSR count). The van der Waals surface area contributed by atoms with Crippen LogP contribution in [0.1, 0.15) is 43.0 Å². The van der Waals surface area contributed by atoms with Crippen LogP contribution >= 0.6 is 34.8 Å². The van der Waals surface area contributed by atoms with Gasteiger partial charge in [0.05, 0.1) is 38.2 Å². The van der Waals surface area contributed by atoms with E-state index in [0.717, 1.165) is 36.4 Å². The van der Waals surface area contributed by atoms with E-state index in [9.17, 15) is 44.7 Å². The molecule has 0 atom stereocenters. The topological polar surface area (TPSA) is 292 Å². The van der Waals surface area contributed by atoms with E-state index < -0.39 is 65.6 Å². The summed E-state index contributed by atoms with van der Waals surface area (Å²) < 4.78 is 117. The van der Waals surface area contributed by atoms with Gasteiger partial charge >= 0.3 is 37.1 Å². The van der Waals surface area contributed by atoms with Gasteiger partial charge in [-0.2, -0.15) is 29.9 Å². The molecule has 0 unspecified atom stereocenters. The van der Waals surface area contributed by atoms with E-state index in [1.807, 2.05) is 0 Å². The summed E-state index contributed by atoms with van der Waals surface area (Å²) >= 11 is 16.8. The number of halogens is 11. The molecular weight excluding hydrogens is 1290 g/mol. The minimum Gasteiger partial charge on any atom is -0.763 e. The fourth-order valence-corrected chi connectivity index (χ4v) is 7.69. The van der Waals surface area contributed by atoms with E-state index in [-0.39, 0.29) is 55.6 Å². The standard InChI is InChI=1S/C20H17F2N3O3.C13H12ClF2N3O.C8H9F2N.C8H4F2N.C7H7BO4.C5H4Cl2N2O/c1-28-20-24-17(13-3-2-4-14(9-13)19(26)27)11-18(25-20)23-8-7-12-5-6-15(21)10-16(12)22;1-20-13-18-11(14)7-12(19-13)17-5-4-8-2-3-9(15)6-10(8)16;2*9-7-2-1-6(3-4-11)8(10)5-7;9-7(10)5-2-1-3-6(4-5)8(11)12;1-10-5-8-3(6)2-4(7)9-5/h2-6,9-11H,7-8H2,1H3,(H,26,27)(H,23,24,25);2-3,6-7H,4-5H2,1H3,(H,17,18,19);1-2,5H,3-4,11H2;1-3,5H;1-4,11-12H,(H,9,10);2H,1H3/q;;;-1;;. The highest BCUT2D eigenvalue weighted by molar-refractivity contribution is 6.58. The zero-order valence-corrected chi connectivity index (χ0v) is 50.6. The minimum atomic E-state index is -1.62. The monoisotopic (exact) mass is 1340 g/mol. The van der Waals surface area contributed by atoms with Crippen LogP contribution in [0.25, 0.3) is 22.7 Å². The maximum atomic E-state index is 13.7. The normalized spacial score (nSPS) is 10.0. The van der Waals surface area contributed by atoms with Crippen LogP contribution in [0.15, 0.2) is 140 Å². The lowest BCUT2D eigenvalue weighted by atomic mass is 9.80. The maximum absolute atomic E-state index is 13.7. The van der Waals surface area contributed by atoms with Crippen molar-refractivity contribution in [3.05, 3.63) is 240 Å². The summed E-state index contributed by atoms with van der Waals surface area (Å²) in [7, 11) is 2.68. The van der Waals surface area contributed by atoms with Gasteiger partial charge in [-0.25, -0.2) is 44.7 Å². The lowest BCUT2D eigenvalue weighted by molar-refractivity contribution is 0.0686. The number of rotatable bonds is 18. The Hall–Kier alpha value is -9.80. The third-order valence-electron chi connectivity index (χ3n) is 11.5. The largest absolute Gasteiger partial charge is 0.763 e. The van der Waals surface area contributed by atoms with E-state index >= 15 is 0 Å². The van der Waals surface area contributed by atoms with Gasteiger partial charge in [-0.3, -0.25) is 5.87 Å². The lowest BCUT2D eigenvalue weighted by Gasteiger charge is -2.10. The molecule has 19 nitrogen and oxygen atoms in total. The number of benzene rings is 6. The van der Waals surface area contributed by atoms with Crippen LogP contribution in [-0.2, 0) is 19.3 Å². The fourth-order valence-electron chi connectivity index (χ4n) is 7.11. The average Bonchev–Trinajstić information content (AvgIpc) is 2.92. The second-order valence-corrected chi connectivity index (χ2v) is 19.1. The first-order valence-electron chi connectivity index (χ1n) is 26.3. The zero-order valence-electron chi connectivity index (χ0n) is 48.4. The first-order valence-corrected chi connectivity index (χ1v) is 27.4. The SMILES string of the molecule is COc1nc(Cl)cc(Cl)n1.COc1nc(Cl)cc(NCCc2ccc(F)cc2F)n1.COc1nc(NCCc2ccc(F)cc2F)cc(-c2cccc(C(=O)O)c2)n1.NCCc1ccc(F)cc1F.O=C(O)c1cccc(B(O)O)c1.[N-]=C=Cc1ccc(F)cc1F. The Balaban J connectivity index is 0.000000248. The van der Waals surface area contributed by atoms with Crippen molar-refractivity contribution in [3.63, 3.8) is 0 Å². The Bertz CT molecular complexity index is 3950. The van der Waals surface area contributed by atoms with Crippen LogP contribution in [0, 0.1) is 46.5 Å². The second-order valence-electron chi connectivity index (χ2n) is 17.9. The van der Waals surface area contributed by atoms with Crippen LogP contribution in [-0.4, -0.2) is 116 Å². The van der Waals surface area contributed by atoms with Gasteiger partial charge in [-0.05, 0) is 109 Å². The average molecular weight is 1340 g/mol. The van der Waals surface area contributed by atoms with Gasteiger partial charge < -0.3 is 56.2 Å². The molecule has 3 aromatic heterocycles. The number of ether oxygens (including phenoxy) is 3. The summed E-state index contributed by atoms with van der Waals surface area (Å²) in [6, 6.07) is 30.4. The fraction of sp³-hybridized carbons (Fsp3) is 0.148. The summed E-state index contributed by atoms with van der Waals surface area (Å²) in [5, 5.41) is 50.0. The number of nitrogens with one attached hydrogen (secondary N) is 2. The summed E-state index contributed by atoms with van der Waals surface area (Å²) in [6.45, 7) is 1.14. The number of anilines is 2. The number of carbonyl (C=O) groups is 2. The lowest BCUT2D eigenvalue weighted by Crippen LogP contribution is -2.30. The third-order valence-corrected chi connectivity index (χ3v) is 12.0. The molecule has 0 aliphatic rings. The van der Waals surface area contributed by atoms with E-state index in [0.29, 0.717) is 78.5 Å². The number of methoxy groups -OCH3 is 3. The maximum Gasteiger partial charge on any atom is 0.488 e. The Morgan fingerprint density at radius 3 is 1.38 bits per heavy atom. The highest BCUT2D eigenvalue weighted by Gasteiger charge is 2.14. The molecule has 92 heavy (non-hydrogen) atoms. The van der Waals surface area contributed by atoms with Gasteiger partial charge in [0.1, 0.15) is 73.6 Å². The molecule has 31 heteroatoms. The predicted molar refractivity (Wildman–Crippen MR) is 332 cm³/mol. The Morgan fingerprint density at radius 1 is 0.533 bits per heavy atom. The Kier molecular flexibility index (Phi) is 31.4. The van der Waals surface area contributed by atoms with E-state index in [4.69, 9.17) is 75.7 Å². The molecule has 3 heterocycles. The first kappa shape index (κ1) is 74.7. The molecule has 0 bridgehead atoms. The van der Waals surface area contributed by atoms with Crippen molar-refractivity contribution in [2.75, 3.05) is 51.6 Å². The number of nitrogens with two attached hydrogens (primary N) is 1. The van der Waals surface area contributed by atoms with Gasteiger partial charge in [0, 0.05) is 66.7 Å². The van der Waals surface area contributed by atoms with Crippen LogP contribution in [0.2, 0.25) is 15.5 Å². The first-order chi connectivity index (χ1) is 43.8. The van der Waals surface area contributed by atoms with Crippen molar-refractivity contribution in [2.45, 2.75) is 19.3 Å². The van der Waals surface area contributed by atoms with Crippen molar-refractivity contribution in [1.29, 1.82) is 0 Å². The van der Waals surface area contributed by atoms with Gasteiger partial charge in [0.15, 0.2) is 0 Å². The van der Waals surface area contributed by atoms with Crippen molar-refractivity contribution in [3.8, 4) is 29.3 Å². The highest BCUT2D eigenvalue weighted by atomic mass is 35.5. The second kappa shape index (κ2) is 38.7. The number of aromatic nitrogens is 6. The highest BCUT2D eigenvalue weighted by Crippen LogP contribution is 2.24. The Morgan fingerprint density at radius 2 is 0.946 bits per heavy atom. The zero-order chi connectivity index (χ0) is 67.9. The van der Waals surface area contributed by atoms with Gasteiger partial charge in [-0.15, -0.1) is 0 Å². The van der Waals surface area contributed by atoms with Crippen LogP contribution in [0.3, 0.4) is 0 Å². The van der Waals surface area contributed by atoms with E-state index in [1.54, 1.807) is 24.1 Å². The van der Waals surface area contributed by atoms with Crippen LogP contribution in [0.5, 0.6) is 18.0 Å². The smallest absolute Gasteiger partial charge is 0.488 e. The van der Waals surface area contributed by atoms with E-state index in [2.05, 4.69) is 45.3 Å². The molecule has 8 N–H and O–H groups in total. The molecule has 9 aromatic rings. The molecule has 0 aliphatic heterocycles. The number of hydrogen-bond donors (Lipinski definition) is 7. The summed E-state index contributed by atoms with van der Waals surface area (Å²) in [5.41, 5.74) is 8.00. The van der Waals surface area contributed by atoms with Gasteiger partial charge in [0.25, 0.3) is 0 Å². The third kappa shape index (κ3) is 26.3. The molecule has 0 aliphatic carbocycles. The van der Waals surface area contributed by atoms with Gasteiger partial charge in [-0.1, -0.05) is 77.3 Å². The van der Waals surface area contributed by atoms with Crippen molar-refractivity contribution in [2.24, 2.45) is 5.73 Å². The predicted octanol–water partition coefficient (Wildman–Crippen LogP) is 11.4. The number of aromatic carboxylic acids is 2.